The fourth-order valence-electron chi connectivity index (χ4n) is 3.57. The van der Waals surface area contributed by atoms with E-state index in [1.165, 1.54) is 11.3 Å². The zero-order chi connectivity index (χ0) is 26.2. The summed E-state index contributed by atoms with van der Waals surface area (Å²) in [6, 6.07) is 12.8. The SMILES string of the molecule is CCCOc1ccc(CC(OC(C)C)C(=O)O)cc1CNC(=O)c1sc(-c2ccc(Cl)cc2)nc1C. The van der Waals surface area contributed by atoms with E-state index in [2.05, 4.69) is 10.3 Å². The Kier molecular flexibility index (Phi) is 9.87. The summed E-state index contributed by atoms with van der Waals surface area (Å²) in [7, 11) is 0. The zero-order valence-corrected chi connectivity index (χ0v) is 22.4. The van der Waals surface area contributed by atoms with Crippen molar-refractivity contribution in [2.45, 2.75) is 59.3 Å². The van der Waals surface area contributed by atoms with Gasteiger partial charge in [-0.3, -0.25) is 4.79 Å². The summed E-state index contributed by atoms with van der Waals surface area (Å²) in [5.74, 6) is -0.592. The molecule has 2 aromatic carbocycles. The Hall–Kier alpha value is -2.94. The number of carbonyl (C=O) groups is 2. The van der Waals surface area contributed by atoms with E-state index in [4.69, 9.17) is 21.1 Å². The number of carbonyl (C=O) groups excluding carboxylic acids is 1. The number of nitrogens with zero attached hydrogens (tertiary/aromatic N) is 1. The third-order valence-corrected chi connectivity index (χ3v) is 6.71. The van der Waals surface area contributed by atoms with Gasteiger partial charge in [0.1, 0.15) is 15.6 Å². The van der Waals surface area contributed by atoms with Gasteiger partial charge in [-0.25, -0.2) is 9.78 Å². The zero-order valence-electron chi connectivity index (χ0n) is 20.8. The first kappa shape index (κ1) is 27.6. The van der Waals surface area contributed by atoms with Crippen LogP contribution in [-0.4, -0.2) is 40.8 Å². The van der Waals surface area contributed by atoms with Gasteiger partial charge in [-0.15, -0.1) is 11.3 Å². The molecule has 9 heteroatoms. The van der Waals surface area contributed by atoms with Crippen molar-refractivity contribution in [3.63, 3.8) is 0 Å². The summed E-state index contributed by atoms with van der Waals surface area (Å²) in [6.45, 7) is 8.19. The molecule has 192 valence electrons. The lowest BCUT2D eigenvalue weighted by Crippen LogP contribution is -2.29. The molecular formula is C27H31ClN2O5S. The second kappa shape index (κ2) is 12.9. The summed E-state index contributed by atoms with van der Waals surface area (Å²) in [4.78, 5) is 29.8. The number of thiazole rings is 1. The maximum Gasteiger partial charge on any atom is 0.333 e. The van der Waals surface area contributed by atoms with E-state index in [-0.39, 0.29) is 25.0 Å². The smallest absolute Gasteiger partial charge is 0.333 e. The highest BCUT2D eigenvalue weighted by atomic mass is 35.5. The molecule has 0 spiro atoms. The summed E-state index contributed by atoms with van der Waals surface area (Å²) < 4.78 is 11.4. The van der Waals surface area contributed by atoms with Crippen molar-refractivity contribution in [1.29, 1.82) is 0 Å². The third kappa shape index (κ3) is 7.53. The number of ether oxygens (including phenoxy) is 2. The lowest BCUT2D eigenvalue weighted by molar-refractivity contribution is -0.153. The summed E-state index contributed by atoms with van der Waals surface area (Å²) in [6.07, 6.45) is -0.121. The maximum atomic E-state index is 13.0. The number of halogens is 1. The van der Waals surface area contributed by atoms with Crippen LogP contribution in [0.2, 0.25) is 5.02 Å². The van der Waals surface area contributed by atoms with Crippen LogP contribution < -0.4 is 10.1 Å². The molecule has 1 atom stereocenters. The summed E-state index contributed by atoms with van der Waals surface area (Å²) >= 11 is 7.30. The van der Waals surface area contributed by atoms with E-state index in [9.17, 15) is 14.7 Å². The number of benzene rings is 2. The maximum absolute atomic E-state index is 13.0. The molecule has 3 rings (SSSR count). The van der Waals surface area contributed by atoms with E-state index in [1.54, 1.807) is 26.0 Å². The number of aliphatic carboxylic acids is 1. The molecule has 0 fully saturated rings. The van der Waals surface area contributed by atoms with Gasteiger partial charge in [0.2, 0.25) is 0 Å². The number of aromatic nitrogens is 1. The van der Waals surface area contributed by atoms with E-state index in [0.717, 1.165) is 28.1 Å². The minimum absolute atomic E-state index is 0.209. The van der Waals surface area contributed by atoms with Gasteiger partial charge in [0.15, 0.2) is 6.10 Å². The van der Waals surface area contributed by atoms with Crippen LogP contribution in [0.4, 0.5) is 0 Å². The molecule has 0 bridgehead atoms. The van der Waals surface area contributed by atoms with Crippen molar-refractivity contribution < 1.29 is 24.2 Å². The van der Waals surface area contributed by atoms with Gasteiger partial charge in [0, 0.05) is 29.1 Å². The number of carboxylic acids is 1. The lowest BCUT2D eigenvalue weighted by atomic mass is 10.0. The molecule has 0 saturated carbocycles. The van der Waals surface area contributed by atoms with Crippen LogP contribution in [0, 0.1) is 6.92 Å². The van der Waals surface area contributed by atoms with Crippen molar-refractivity contribution in [3.05, 3.63) is 69.2 Å². The Morgan fingerprint density at radius 1 is 1.17 bits per heavy atom. The molecule has 0 aliphatic carbocycles. The number of hydrogen-bond acceptors (Lipinski definition) is 6. The molecule has 7 nitrogen and oxygen atoms in total. The molecule has 36 heavy (non-hydrogen) atoms. The second-order valence-electron chi connectivity index (χ2n) is 8.63. The molecule has 2 N–H and O–H groups in total. The number of aryl methyl sites for hydroxylation is 1. The fourth-order valence-corrected chi connectivity index (χ4v) is 4.68. The number of hydrogen-bond donors (Lipinski definition) is 2. The average molecular weight is 531 g/mol. The lowest BCUT2D eigenvalue weighted by Gasteiger charge is -2.18. The molecule has 3 aromatic rings. The topological polar surface area (TPSA) is 97.8 Å². The van der Waals surface area contributed by atoms with E-state index < -0.39 is 12.1 Å². The van der Waals surface area contributed by atoms with Crippen molar-refractivity contribution in [3.8, 4) is 16.3 Å². The minimum Gasteiger partial charge on any atom is -0.493 e. The highest BCUT2D eigenvalue weighted by Gasteiger charge is 2.21. The predicted molar refractivity (Wildman–Crippen MR) is 142 cm³/mol. The fraction of sp³-hybridized carbons (Fsp3) is 0.370. The van der Waals surface area contributed by atoms with Gasteiger partial charge < -0.3 is 19.9 Å². The monoisotopic (exact) mass is 530 g/mol. The summed E-state index contributed by atoms with van der Waals surface area (Å²) in [5.41, 5.74) is 3.10. The van der Waals surface area contributed by atoms with Crippen LogP contribution in [0.3, 0.4) is 0 Å². The van der Waals surface area contributed by atoms with E-state index >= 15 is 0 Å². The van der Waals surface area contributed by atoms with Crippen LogP contribution >= 0.6 is 22.9 Å². The molecule has 0 saturated heterocycles. The van der Waals surface area contributed by atoms with Gasteiger partial charge in [-0.1, -0.05) is 42.8 Å². The Labute approximate surface area is 220 Å². The molecule has 1 unspecified atom stereocenters. The van der Waals surface area contributed by atoms with E-state index in [1.807, 2.05) is 44.2 Å². The van der Waals surface area contributed by atoms with Crippen LogP contribution in [0.5, 0.6) is 5.75 Å². The first-order valence-corrected chi connectivity index (χ1v) is 13.0. The van der Waals surface area contributed by atoms with Crippen molar-refractivity contribution in [1.82, 2.24) is 10.3 Å². The molecule has 1 heterocycles. The Balaban J connectivity index is 1.77. The van der Waals surface area contributed by atoms with Crippen molar-refractivity contribution in [2.75, 3.05) is 6.61 Å². The Morgan fingerprint density at radius 2 is 1.89 bits per heavy atom. The first-order valence-electron chi connectivity index (χ1n) is 11.8. The van der Waals surface area contributed by atoms with Gasteiger partial charge in [0.05, 0.1) is 18.4 Å². The van der Waals surface area contributed by atoms with Crippen LogP contribution in [-0.2, 0) is 22.5 Å². The highest BCUT2D eigenvalue weighted by Crippen LogP contribution is 2.29. The normalized spacial score (nSPS) is 11.9. The predicted octanol–water partition coefficient (Wildman–Crippen LogP) is 5.91. The quantitative estimate of drug-likeness (QED) is 0.302. The van der Waals surface area contributed by atoms with Gasteiger partial charge in [-0.2, -0.15) is 0 Å². The van der Waals surface area contributed by atoms with Crippen LogP contribution in [0.15, 0.2) is 42.5 Å². The number of rotatable bonds is 12. The summed E-state index contributed by atoms with van der Waals surface area (Å²) in [5, 5.41) is 13.9. The number of amides is 1. The average Bonchev–Trinajstić information content (AvgIpc) is 3.23. The standard InChI is InChI=1S/C27H31ClN2O5S/c1-5-12-34-22-11-6-18(14-23(27(32)33)35-16(2)3)13-20(22)15-29-25(31)24-17(4)30-26(36-24)19-7-9-21(28)10-8-19/h6-11,13,16,23H,5,12,14-15H2,1-4H3,(H,29,31)(H,32,33). The van der Waals surface area contributed by atoms with Crippen LogP contribution in [0.1, 0.15) is 53.7 Å². The molecule has 1 amide bonds. The third-order valence-electron chi connectivity index (χ3n) is 5.25. The largest absolute Gasteiger partial charge is 0.493 e. The molecule has 1 aromatic heterocycles. The Morgan fingerprint density at radius 3 is 2.53 bits per heavy atom. The van der Waals surface area contributed by atoms with Crippen LogP contribution in [0.25, 0.3) is 10.6 Å². The number of nitrogens with one attached hydrogen (secondary N) is 1. The minimum atomic E-state index is -1.01. The van der Waals surface area contributed by atoms with Gasteiger partial charge in [-0.05, 0) is 51.0 Å². The second-order valence-corrected chi connectivity index (χ2v) is 10.1. The Bertz CT molecular complexity index is 1190. The van der Waals surface area contributed by atoms with E-state index in [0.29, 0.717) is 28.0 Å². The van der Waals surface area contributed by atoms with Crippen molar-refractivity contribution in [2.24, 2.45) is 0 Å². The first-order chi connectivity index (χ1) is 17.2. The van der Waals surface area contributed by atoms with Crippen molar-refractivity contribution >= 4 is 34.8 Å². The molecule has 0 aliphatic rings. The van der Waals surface area contributed by atoms with Gasteiger partial charge >= 0.3 is 5.97 Å². The molecule has 0 aliphatic heterocycles. The number of carboxylic acid groups (broad SMARTS) is 1. The molecular weight excluding hydrogens is 500 g/mol. The molecule has 0 radical (unpaired) electrons. The van der Waals surface area contributed by atoms with Gasteiger partial charge in [0.25, 0.3) is 5.91 Å². The highest BCUT2D eigenvalue weighted by molar-refractivity contribution is 7.17.